The van der Waals surface area contributed by atoms with Gasteiger partial charge in [0.2, 0.25) is 5.91 Å². The summed E-state index contributed by atoms with van der Waals surface area (Å²) in [7, 11) is 0. The van der Waals surface area contributed by atoms with Crippen LogP contribution in [0.3, 0.4) is 0 Å². The van der Waals surface area contributed by atoms with Crippen molar-refractivity contribution in [1.82, 2.24) is 10.2 Å². The van der Waals surface area contributed by atoms with Gasteiger partial charge in [-0.25, -0.2) is 0 Å². The first-order valence-electron chi connectivity index (χ1n) is 5.78. The van der Waals surface area contributed by atoms with Crippen molar-refractivity contribution in [3.8, 4) is 0 Å². The van der Waals surface area contributed by atoms with E-state index in [4.69, 9.17) is 5.73 Å². The lowest BCUT2D eigenvalue weighted by atomic mass is 10.1. The van der Waals surface area contributed by atoms with Crippen LogP contribution in [-0.2, 0) is 4.79 Å². The van der Waals surface area contributed by atoms with E-state index in [1.165, 1.54) is 0 Å². The Kier molecular flexibility index (Phi) is 7.34. The zero-order valence-corrected chi connectivity index (χ0v) is 10.4. The van der Waals surface area contributed by atoms with Crippen molar-refractivity contribution >= 4 is 5.91 Å². The van der Waals surface area contributed by atoms with Crippen LogP contribution in [0.5, 0.6) is 0 Å². The van der Waals surface area contributed by atoms with Crippen molar-refractivity contribution in [2.24, 2.45) is 11.7 Å². The molecule has 4 heteroatoms. The molecule has 90 valence electrons. The molecule has 0 fully saturated rings. The maximum absolute atomic E-state index is 11.6. The molecule has 1 amide bonds. The lowest BCUT2D eigenvalue weighted by molar-refractivity contribution is -0.125. The summed E-state index contributed by atoms with van der Waals surface area (Å²) in [5.74, 6) is 0.533. The molecule has 0 saturated carbocycles. The van der Waals surface area contributed by atoms with Crippen molar-refractivity contribution in [2.45, 2.75) is 33.7 Å². The number of carbonyl (C=O) groups is 1. The van der Waals surface area contributed by atoms with E-state index in [9.17, 15) is 4.79 Å². The molecule has 0 aromatic rings. The molecule has 0 aromatic heterocycles. The molecule has 2 unspecified atom stereocenters. The van der Waals surface area contributed by atoms with E-state index in [0.717, 1.165) is 13.1 Å². The van der Waals surface area contributed by atoms with Gasteiger partial charge in [0.05, 0.1) is 6.04 Å². The van der Waals surface area contributed by atoms with Crippen LogP contribution in [-0.4, -0.2) is 43.0 Å². The second-order valence-corrected chi connectivity index (χ2v) is 4.00. The number of rotatable bonds is 7. The van der Waals surface area contributed by atoms with Gasteiger partial charge in [-0.3, -0.25) is 9.69 Å². The normalized spacial score (nSPS) is 15.1. The monoisotopic (exact) mass is 215 g/mol. The Labute approximate surface area is 93.2 Å². The summed E-state index contributed by atoms with van der Waals surface area (Å²) in [5, 5.41) is 2.84. The molecule has 0 aliphatic heterocycles. The first-order valence-corrected chi connectivity index (χ1v) is 5.78. The SMILES string of the molecule is CCNC(=O)C(C)N(CC)CC(C)CN. The van der Waals surface area contributed by atoms with Gasteiger partial charge in [0.1, 0.15) is 0 Å². The summed E-state index contributed by atoms with van der Waals surface area (Å²) >= 11 is 0. The van der Waals surface area contributed by atoms with Gasteiger partial charge >= 0.3 is 0 Å². The molecule has 0 aliphatic carbocycles. The fourth-order valence-electron chi connectivity index (χ4n) is 1.52. The fraction of sp³-hybridized carbons (Fsp3) is 0.909. The molecule has 0 radical (unpaired) electrons. The Morgan fingerprint density at radius 2 is 2.00 bits per heavy atom. The standard InChI is InChI=1S/C11H25N3O/c1-5-13-11(15)10(4)14(6-2)8-9(3)7-12/h9-10H,5-8,12H2,1-4H3,(H,13,15). The molecule has 0 rings (SSSR count). The Bertz CT molecular complexity index is 185. The highest BCUT2D eigenvalue weighted by atomic mass is 16.2. The van der Waals surface area contributed by atoms with Crippen LogP contribution in [0.15, 0.2) is 0 Å². The van der Waals surface area contributed by atoms with Gasteiger partial charge in [-0.05, 0) is 32.9 Å². The summed E-state index contributed by atoms with van der Waals surface area (Å²) in [5.41, 5.74) is 5.58. The van der Waals surface area contributed by atoms with E-state index in [1.54, 1.807) is 0 Å². The predicted molar refractivity (Wildman–Crippen MR) is 63.6 cm³/mol. The molecule has 0 bridgehead atoms. The maximum atomic E-state index is 11.6. The molecule has 15 heavy (non-hydrogen) atoms. The van der Waals surface area contributed by atoms with Crippen LogP contribution >= 0.6 is 0 Å². The molecular formula is C11H25N3O. The van der Waals surface area contributed by atoms with Crippen molar-refractivity contribution in [3.05, 3.63) is 0 Å². The molecule has 0 heterocycles. The highest BCUT2D eigenvalue weighted by Crippen LogP contribution is 2.04. The average Bonchev–Trinajstić information content (AvgIpc) is 2.24. The number of likely N-dealkylation sites (N-methyl/N-ethyl adjacent to an activating group) is 2. The van der Waals surface area contributed by atoms with Gasteiger partial charge in [0.25, 0.3) is 0 Å². The lowest BCUT2D eigenvalue weighted by Gasteiger charge is -2.29. The van der Waals surface area contributed by atoms with E-state index in [2.05, 4.69) is 24.1 Å². The number of hydrogen-bond donors (Lipinski definition) is 2. The van der Waals surface area contributed by atoms with E-state index < -0.39 is 0 Å². The molecule has 2 atom stereocenters. The Balaban J connectivity index is 4.20. The van der Waals surface area contributed by atoms with Gasteiger partial charge in [-0.1, -0.05) is 13.8 Å². The first kappa shape index (κ1) is 14.4. The second kappa shape index (κ2) is 7.65. The van der Waals surface area contributed by atoms with Crippen LogP contribution < -0.4 is 11.1 Å². The summed E-state index contributed by atoms with van der Waals surface area (Å²) in [6, 6.07) is -0.0658. The third-order valence-corrected chi connectivity index (χ3v) is 2.63. The summed E-state index contributed by atoms with van der Waals surface area (Å²) in [6.45, 7) is 11.2. The number of nitrogens with one attached hydrogen (secondary N) is 1. The number of hydrogen-bond acceptors (Lipinski definition) is 3. The quantitative estimate of drug-likeness (QED) is 0.647. The highest BCUT2D eigenvalue weighted by molar-refractivity contribution is 5.81. The molecule has 0 aliphatic rings. The van der Waals surface area contributed by atoms with Crippen LogP contribution in [0.2, 0.25) is 0 Å². The van der Waals surface area contributed by atoms with Crippen LogP contribution in [0, 0.1) is 5.92 Å². The van der Waals surface area contributed by atoms with Crippen molar-refractivity contribution in [3.63, 3.8) is 0 Å². The minimum atomic E-state index is -0.0658. The van der Waals surface area contributed by atoms with Gasteiger partial charge in [-0.15, -0.1) is 0 Å². The molecule has 3 N–H and O–H groups in total. The van der Waals surface area contributed by atoms with Crippen molar-refractivity contribution < 1.29 is 4.79 Å². The van der Waals surface area contributed by atoms with Gasteiger partial charge < -0.3 is 11.1 Å². The number of amides is 1. The average molecular weight is 215 g/mol. The van der Waals surface area contributed by atoms with E-state index >= 15 is 0 Å². The lowest BCUT2D eigenvalue weighted by Crippen LogP contribution is -2.47. The van der Waals surface area contributed by atoms with E-state index in [0.29, 0.717) is 19.0 Å². The minimum Gasteiger partial charge on any atom is -0.355 e. The molecule has 0 spiro atoms. The first-order chi connectivity index (χ1) is 7.06. The van der Waals surface area contributed by atoms with Crippen molar-refractivity contribution in [2.75, 3.05) is 26.2 Å². The zero-order chi connectivity index (χ0) is 11.8. The predicted octanol–water partition coefficient (Wildman–Crippen LogP) is 0.428. The zero-order valence-electron chi connectivity index (χ0n) is 10.4. The fourth-order valence-corrected chi connectivity index (χ4v) is 1.52. The summed E-state index contributed by atoms with van der Waals surface area (Å²) in [4.78, 5) is 13.8. The third kappa shape index (κ3) is 5.14. The van der Waals surface area contributed by atoms with E-state index in [1.807, 2.05) is 13.8 Å². The Morgan fingerprint density at radius 3 is 2.40 bits per heavy atom. The number of carbonyl (C=O) groups excluding carboxylic acids is 1. The number of nitrogens with two attached hydrogens (primary N) is 1. The molecule has 0 aromatic carbocycles. The maximum Gasteiger partial charge on any atom is 0.237 e. The minimum absolute atomic E-state index is 0.0658. The van der Waals surface area contributed by atoms with E-state index in [-0.39, 0.29) is 11.9 Å². The summed E-state index contributed by atoms with van der Waals surface area (Å²) in [6.07, 6.45) is 0. The Morgan fingerprint density at radius 1 is 1.40 bits per heavy atom. The summed E-state index contributed by atoms with van der Waals surface area (Å²) < 4.78 is 0. The van der Waals surface area contributed by atoms with Crippen LogP contribution in [0.1, 0.15) is 27.7 Å². The smallest absolute Gasteiger partial charge is 0.237 e. The van der Waals surface area contributed by atoms with Crippen molar-refractivity contribution in [1.29, 1.82) is 0 Å². The van der Waals surface area contributed by atoms with Gasteiger partial charge in [0.15, 0.2) is 0 Å². The molecule has 4 nitrogen and oxygen atoms in total. The van der Waals surface area contributed by atoms with Crippen LogP contribution in [0.4, 0.5) is 0 Å². The highest BCUT2D eigenvalue weighted by Gasteiger charge is 2.20. The topological polar surface area (TPSA) is 58.4 Å². The van der Waals surface area contributed by atoms with Crippen LogP contribution in [0.25, 0.3) is 0 Å². The van der Waals surface area contributed by atoms with Gasteiger partial charge in [-0.2, -0.15) is 0 Å². The second-order valence-electron chi connectivity index (χ2n) is 4.00. The molecular weight excluding hydrogens is 190 g/mol. The Hall–Kier alpha value is -0.610. The largest absolute Gasteiger partial charge is 0.355 e. The third-order valence-electron chi connectivity index (χ3n) is 2.63. The number of nitrogens with zero attached hydrogens (tertiary/aromatic N) is 1. The van der Waals surface area contributed by atoms with Gasteiger partial charge in [0, 0.05) is 13.1 Å². The molecule has 0 saturated heterocycles.